The molecule has 19 heavy (non-hydrogen) atoms. The Kier molecular flexibility index (Phi) is 3.96. The van der Waals surface area contributed by atoms with Crippen molar-refractivity contribution in [3.63, 3.8) is 0 Å². The van der Waals surface area contributed by atoms with Crippen LogP contribution in [0.3, 0.4) is 0 Å². The van der Waals surface area contributed by atoms with Crippen LogP contribution in [0.15, 0.2) is 36.4 Å². The molecule has 3 nitrogen and oxygen atoms in total. The number of benzene rings is 2. The Hall–Kier alpha value is -1.74. The third kappa shape index (κ3) is 3.38. The van der Waals surface area contributed by atoms with Crippen molar-refractivity contribution in [1.82, 2.24) is 5.32 Å². The molecule has 102 valence electrons. The van der Waals surface area contributed by atoms with Crippen LogP contribution in [0.25, 0.3) is 10.8 Å². The summed E-state index contributed by atoms with van der Waals surface area (Å²) >= 11 is 0. The van der Waals surface area contributed by atoms with Crippen LogP contribution < -0.4 is 15.4 Å². The van der Waals surface area contributed by atoms with Gasteiger partial charge in [-0.15, -0.1) is 0 Å². The fourth-order valence-corrected chi connectivity index (χ4v) is 1.87. The highest BCUT2D eigenvalue weighted by Crippen LogP contribution is 2.23. The predicted octanol–water partition coefficient (Wildman–Crippen LogP) is 3.26. The second-order valence-corrected chi connectivity index (χ2v) is 5.42. The maximum Gasteiger partial charge on any atom is 0.119 e. The first-order valence-electron chi connectivity index (χ1n) is 6.55. The molecule has 0 heterocycles. The van der Waals surface area contributed by atoms with Gasteiger partial charge in [-0.25, -0.2) is 0 Å². The first-order chi connectivity index (χ1) is 9.04. The molecule has 0 spiro atoms. The Morgan fingerprint density at radius 3 is 2.42 bits per heavy atom. The van der Waals surface area contributed by atoms with E-state index in [4.69, 9.17) is 4.74 Å². The third-order valence-electron chi connectivity index (χ3n) is 3.46. The van der Waals surface area contributed by atoms with E-state index in [2.05, 4.69) is 54.8 Å². The summed E-state index contributed by atoms with van der Waals surface area (Å²) in [4.78, 5) is 0. The van der Waals surface area contributed by atoms with Gasteiger partial charge < -0.3 is 15.4 Å². The van der Waals surface area contributed by atoms with Crippen molar-refractivity contribution in [2.24, 2.45) is 0 Å². The fourth-order valence-electron chi connectivity index (χ4n) is 1.87. The van der Waals surface area contributed by atoms with Crippen LogP contribution >= 0.6 is 0 Å². The minimum absolute atomic E-state index is 0.0782. The molecule has 0 aliphatic heterocycles. The van der Waals surface area contributed by atoms with Gasteiger partial charge in [-0.05, 0) is 55.9 Å². The summed E-state index contributed by atoms with van der Waals surface area (Å²) in [6, 6.07) is 12.5. The first kappa shape index (κ1) is 13.7. The van der Waals surface area contributed by atoms with E-state index in [9.17, 15) is 0 Å². The lowest BCUT2D eigenvalue weighted by atomic mass is 10.1. The molecule has 2 rings (SSSR count). The zero-order valence-corrected chi connectivity index (χ0v) is 12.1. The van der Waals surface area contributed by atoms with Crippen molar-refractivity contribution in [1.29, 1.82) is 0 Å². The molecule has 0 aromatic heterocycles. The molecule has 0 atom stereocenters. The molecule has 0 saturated carbocycles. The highest BCUT2D eigenvalue weighted by molar-refractivity contribution is 5.86. The highest BCUT2D eigenvalue weighted by atomic mass is 16.5. The van der Waals surface area contributed by atoms with Crippen LogP contribution in [0.1, 0.15) is 13.8 Å². The first-order valence-corrected chi connectivity index (χ1v) is 6.55. The smallest absolute Gasteiger partial charge is 0.119 e. The van der Waals surface area contributed by atoms with E-state index in [0.29, 0.717) is 0 Å². The zero-order valence-electron chi connectivity index (χ0n) is 12.1. The van der Waals surface area contributed by atoms with Crippen LogP contribution in [0.2, 0.25) is 0 Å². The van der Waals surface area contributed by atoms with Gasteiger partial charge in [0.25, 0.3) is 0 Å². The number of hydrogen-bond acceptors (Lipinski definition) is 3. The molecule has 0 aliphatic carbocycles. The number of methoxy groups -OCH3 is 1. The van der Waals surface area contributed by atoms with Gasteiger partial charge in [0.1, 0.15) is 5.75 Å². The average Bonchev–Trinajstić information content (AvgIpc) is 2.44. The zero-order chi connectivity index (χ0) is 13.9. The minimum atomic E-state index is 0.0782. The van der Waals surface area contributed by atoms with Crippen LogP contribution in [0.4, 0.5) is 5.69 Å². The molecule has 0 bridgehead atoms. The summed E-state index contributed by atoms with van der Waals surface area (Å²) in [7, 11) is 3.67. The van der Waals surface area contributed by atoms with Crippen LogP contribution in [-0.4, -0.2) is 26.2 Å². The normalized spacial score (nSPS) is 11.6. The maximum absolute atomic E-state index is 5.24. The summed E-state index contributed by atoms with van der Waals surface area (Å²) in [5.74, 6) is 0.893. The van der Waals surface area contributed by atoms with Gasteiger partial charge in [0.2, 0.25) is 0 Å². The van der Waals surface area contributed by atoms with Crippen molar-refractivity contribution in [2.75, 3.05) is 26.0 Å². The van der Waals surface area contributed by atoms with E-state index in [1.807, 2.05) is 13.1 Å². The Balaban J connectivity index is 2.18. The van der Waals surface area contributed by atoms with Gasteiger partial charge in [0.05, 0.1) is 7.11 Å². The van der Waals surface area contributed by atoms with Crippen molar-refractivity contribution >= 4 is 16.5 Å². The van der Waals surface area contributed by atoms with Gasteiger partial charge in [-0.2, -0.15) is 0 Å². The Bertz CT molecular complexity index is 564. The Labute approximate surface area is 115 Å². The second-order valence-electron chi connectivity index (χ2n) is 5.42. The number of fused-ring (bicyclic) bond motifs is 1. The van der Waals surface area contributed by atoms with Gasteiger partial charge in [0.15, 0.2) is 0 Å². The molecule has 2 aromatic rings. The molecule has 0 amide bonds. The molecule has 0 saturated heterocycles. The lowest BCUT2D eigenvalue weighted by Crippen LogP contribution is -2.42. The molecule has 3 heteroatoms. The Morgan fingerprint density at radius 1 is 1.05 bits per heavy atom. The number of likely N-dealkylation sites (N-methyl/N-ethyl adjacent to an activating group) is 1. The van der Waals surface area contributed by atoms with Crippen molar-refractivity contribution < 1.29 is 4.74 Å². The predicted molar refractivity (Wildman–Crippen MR) is 82.1 cm³/mol. The summed E-state index contributed by atoms with van der Waals surface area (Å²) in [5.41, 5.74) is 1.22. The summed E-state index contributed by atoms with van der Waals surface area (Å²) < 4.78 is 5.24. The summed E-state index contributed by atoms with van der Waals surface area (Å²) in [6.07, 6.45) is 0. The van der Waals surface area contributed by atoms with E-state index < -0.39 is 0 Å². The summed E-state index contributed by atoms with van der Waals surface area (Å²) in [6.45, 7) is 5.23. The van der Waals surface area contributed by atoms with Gasteiger partial charge in [-0.1, -0.05) is 12.1 Å². The quantitative estimate of drug-likeness (QED) is 0.863. The highest BCUT2D eigenvalue weighted by Gasteiger charge is 2.13. The molecule has 2 N–H and O–H groups in total. The van der Waals surface area contributed by atoms with E-state index >= 15 is 0 Å². The molecule has 2 aromatic carbocycles. The summed E-state index contributed by atoms with van der Waals surface area (Å²) in [5, 5.41) is 9.16. The fraction of sp³-hybridized carbons (Fsp3) is 0.375. The minimum Gasteiger partial charge on any atom is -0.497 e. The SMILES string of the molecule is CNC(C)(C)CNc1ccc2cc(OC)ccc2c1. The maximum atomic E-state index is 5.24. The van der Waals surface area contributed by atoms with Gasteiger partial charge >= 0.3 is 0 Å². The van der Waals surface area contributed by atoms with Crippen molar-refractivity contribution in [2.45, 2.75) is 19.4 Å². The van der Waals surface area contributed by atoms with Gasteiger partial charge in [-0.3, -0.25) is 0 Å². The average molecular weight is 258 g/mol. The monoisotopic (exact) mass is 258 g/mol. The van der Waals surface area contributed by atoms with E-state index in [-0.39, 0.29) is 5.54 Å². The largest absolute Gasteiger partial charge is 0.497 e. The second kappa shape index (κ2) is 5.49. The Morgan fingerprint density at radius 2 is 1.74 bits per heavy atom. The molecule has 0 aliphatic rings. The number of anilines is 1. The van der Waals surface area contributed by atoms with Crippen molar-refractivity contribution in [3.8, 4) is 5.75 Å². The number of hydrogen-bond donors (Lipinski definition) is 2. The third-order valence-corrected chi connectivity index (χ3v) is 3.46. The molecule has 0 fully saturated rings. The van der Waals surface area contributed by atoms with Crippen LogP contribution in [0.5, 0.6) is 5.75 Å². The lowest BCUT2D eigenvalue weighted by Gasteiger charge is -2.25. The number of nitrogens with one attached hydrogen (secondary N) is 2. The number of rotatable bonds is 5. The molecular weight excluding hydrogens is 236 g/mol. The standard InChI is InChI=1S/C16H22N2O/c1-16(2,17-3)11-18-14-7-5-13-10-15(19-4)8-6-12(13)9-14/h5-10,17-18H,11H2,1-4H3. The topological polar surface area (TPSA) is 33.3 Å². The van der Waals surface area contributed by atoms with E-state index in [1.165, 1.54) is 10.8 Å². The van der Waals surface area contributed by atoms with Crippen LogP contribution in [0, 0.1) is 0 Å². The molecule has 0 radical (unpaired) electrons. The molecular formula is C16H22N2O. The van der Waals surface area contributed by atoms with Crippen LogP contribution in [-0.2, 0) is 0 Å². The number of ether oxygens (including phenoxy) is 1. The molecule has 0 unspecified atom stereocenters. The lowest BCUT2D eigenvalue weighted by molar-refractivity contribution is 0.415. The van der Waals surface area contributed by atoms with E-state index in [0.717, 1.165) is 18.0 Å². The van der Waals surface area contributed by atoms with Crippen molar-refractivity contribution in [3.05, 3.63) is 36.4 Å². The van der Waals surface area contributed by atoms with Gasteiger partial charge in [0, 0.05) is 17.8 Å². The van der Waals surface area contributed by atoms with E-state index in [1.54, 1.807) is 7.11 Å².